The van der Waals surface area contributed by atoms with Crippen LogP contribution in [0.2, 0.25) is 0 Å². The molecular formula is C13H26N2O2. The highest BCUT2D eigenvalue weighted by atomic mass is 16.5. The average Bonchev–Trinajstić information content (AvgIpc) is 2.41. The smallest absolute Gasteiger partial charge is 0.0501 e. The van der Waals surface area contributed by atoms with Crippen molar-refractivity contribution in [2.75, 3.05) is 59.1 Å². The van der Waals surface area contributed by atoms with Crippen molar-refractivity contribution in [3.8, 4) is 0 Å². The quantitative estimate of drug-likeness (QED) is 0.775. The van der Waals surface area contributed by atoms with Crippen LogP contribution in [0.4, 0.5) is 0 Å². The van der Waals surface area contributed by atoms with E-state index in [1.54, 1.807) is 0 Å². The maximum atomic E-state index is 9.68. The Bertz CT molecular complexity index is 221. The largest absolute Gasteiger partial charge is 0.396 e. The van der Waals surface area contributed by atoms with Gasteiger partial charge in [-0.05, 0) is 19.4 Å². The minimum Gasteiger partial charge on any atom is -0.396 e. The molecule has 0 atom stereocenters. The number of ether oxygens (including phenoxy) is 1. The molecule has 2 saturated heterocycles. The molecule has 0 unspecified atom stereocenters. The van der Waals surface area contributed by atoms with Crippen LogP contribution in [0.5, 0.6) is 0 Å². The number of hydrogen-bond donors (Lipinski definition) is 1. The van der Waals surface area contributed by atoms with Gasteiger partial charge in [-0.1, -0.05) is 6.92 Å². The van der Waals surface area contributed by atoms with E-state index < -0.39 is 0 Å². The van der Waals surface area contributed by atoms with Gasteiger partial charge in [0.05, 0.1) is 6.61 Å². The molecule has 0 bridgehead atoms. The van der Waals surface area contributed by atoms with Gasteiger partial charge in [-0.3, -0.25) is 0 Å². The highest BCUT2D eigenvalue weighted by Gasteiger charge is 2.34. The van der Waals surface area contributed by atoms with Gasteiger partial charge in [0, 0.05) is 51.4 Å². The van der Waals surface area contributed by atoms with Crippen molar-refractivity contribution >= 4 is 0 Å². The maximum Gasteiger partial charge on any atom is 0.0501 e. The first-order valence-corrected chi connectivity index (χ1v) is 6.91. The van der Waals surface area contributed by atoms with Gasteiger partial charge >= 0.3 is 0 Å². The zero-order valence-corrected chi connectivity index (χ0v) is 11.0. The Morgan fingerprint density at radius 3 is 2.18 bits per heavy atom. The van der Waals surface area contributed by atoms with E-state index in [-0.39, 0.29) is 5.41 Å². The van der Waals surface area contributed by atoms with Crippen LogP contribution in [-0.2, 0) is 4.74 Å². The summed E-state index contributed by atoms with van der Waals surface area (Å²) in [5.41, 5.74) is 0.104. The molecule has 2 aliphatic rings. The molecular weight excluding hydrogens is 216 g/mol. The molecule has 0 aliphatic carbocycles. The van der Waals surface area contributed by atoms with Crippen molar-refractivity contribution in [2.45, 2.75) is 19.8 Å². The van der Waals surface area contributed by atoms with E-state index in [1.165, 1.54) is 13.1 Å². The Balaban J connectivity index is 1.82. The number of nitrogens with zero attached hydrogens (tertiary/aromatic N) is 2. The summed E-state index contributed by atoms with van der Waals surface area (Å²) in [6.07, 6.45) is 2.02. The molecule has 2 rings (SSSR count). The predicted molar refractivity (Wildman–Crippen MR) is 68.1 cm³/mol. The van der Waals surface area contributed by atoms with Crippen LogP contribution in [0.25, 0.3) is 0 Å². The lowest BCUT2D eigenvalue weighted by atomic mass is 9.80. The molecule has 0 aromatic heterocycles. The number of aliphatic hydroxyl groups is 1. The number of piperazine rings is 1. The van der Waals surface area contributed by atoms with Gasteiger partial charge < -0.3 is 19.6 Å². The molecule has 2 heterocycles. The fraction of sp³-hybridized carbons (Fsp3) is 1.00. The normalized spacial score (nSPS) is 27.2. The monoisotopic (exact) mass is 242 g/mol. The molecule has 0 aromatic rings. The highest BCUT2D eigenvalue weighted by Crippen LogP contribution is 2.31. The van der Waals surface area contributed by atoms with Gasteiger partial charge in [0.2, 0.25) is 0 Å². The summed E-state index contributed by atoms with van der Waals surface area (Å²) in [7, 11) is 0. The maximum absolute atomic E-state index is 9.68. The van der Waals surface area contributed by atoms with Crippen molar-refractivity contribution in [2.24, 2.45) is 5.41 Å². The van der Waals surface area contributed by atoms with E-state index in [1.807, 2.05) is 0 Å². The summed E-state index contributed by atoms with van der Waals surface area (Å²) in [6.45, 7) is 11.0. The Morgan fingerprint density at radius 2 is 1.65 bits per heavy atom. The number of likely N-dealkylation sites (N-methyl/N-ethyl adjacent to an activating group) is 1. The summed E-state index contributed by atoms with van der Waals surface area (Å²) in [5.74, 6) is 0. The van der Waals surface area contributed by atoms with Gasteiger partial charge in [-0.25, -0.2) is 0 Å². The second-order valence-corrected chi connectivity index (χ2v) is 5.48. The third-order valence-electron chi connectivity index (χ3n) is 4.36. The number of hydrogen-bond acceptors (Lipinski definition) is 4. The average molecular weight is 242 g/mol. The van der Waals surface area contributed by atoms with Gasteiger partial charge in [0.25, 0.3) is 0 Å². The Hall–Kier alpha value is -0.160. The molecule has 1 N–H and O–H groups in total. The van der Waals surface area contributed by atoms with Crippen molar-refractivity contribution in [3.05, 3.63) is 0 Å². The lowest BCUT2D eigenvalue weighted by molar-refractivity contribution is -0.0401. The van der Waals surface area contributed by atoms with Crippen LogP contribution in [0.1, 0.15) is 19.8 Å². The molecule has 0 aromatic carbocycles. The first-order valence-electron chi connectivity index (χ1n) is 6.91. The first-order chi connectivity index (χ1) is 8.28. The number of aliphatic hydroxyl groups excluding tert-OH is 1. The second kappa shape index (κ2) is 6.14. The first kappa shape index (κ1) is 13.3. The van der Waals surface area contributed by atoms with E-state index >= 15 is 0 Å². The molecule has 0 saturated carbocycles. The summed E-state index contributed by atoms with van der Waals surface area (Å²) in [6, 6.07) is 0. The number of rotatable bonds is 4. The molecule has 0 radical (unpaired) electrons. The van der Waals surface area contributed by atoms with Crippen LogP contribution in [0.3, 0.4) is 0 Å². The summed E-state index contributed by atoms with van der Waals surface area (Å²) in [5, 5.41) is 9.68. The van der Waals surface area contributed by atoms with Crippen molar-refractivity contribution in [1.29, 1.82) is 0 Å². The lowest BCUT2D eigenvalue weighted by Gasteiger charge is -2.42. The third kappa shape index (κ3) is 3.41. The lowest BCUT2D eigenvalue weighted by Crippen LogP contribution is -2.51. The Morgan fingerprint density at radius 1 is 1.06 bits per heavy atom. The van der Waals surface area contributed by atoms with Crippen LogP contribution in [-0.4, -0.2) is 74.0 Å². The van der Waals surface area contributed by atoms with Crippen LogP contribution < -0.4 is 0 Å². The molecule has 0 amide bonds. The van der Waals surface area contributed by atoms with Gasteiger partial charge in [-0.2, -0.15) is 0 Å². The highest BCUT2D eigenvalue weighted by molar-refractivity contribution is 4.86. The molecule has 0 spiro atoms. The molecule has 100 valence electrons. The topological polar surface area (TPSA) is 35.9 Å². The third-order valence-corrected chi connectivity index (χ3v) is 4.36. The fourth-order valence-electron chi connectivity index (χ4n) is 2.91. The van der Waals surface area contributed by atoms with E-state index in [0.717, 1.165) is 52.2 Å². The van der Waals surface area contributed by atoms with E-state index in [9.17, 15) is 5.11 Å². The fourth-order valence-corrected chi connectivity index (χ4v) is 2.91. The van der Waals surface area contributed by atoms with Gasteiger partial charge in [0.1, 0.15) is 0 Å². The standard InChI is InChI=1S/C13H26N2O2/c1-2-14-5-7-15(8-6-14)11-13(12-16)3-9-17-10-4-13/h16H,2-12H2,1H3. The van der Waals surface area contributed by atoms with Crippen molar-refractivity contribution < 1.29 is 9.84 Å². The van der Waals surface area contributed by atoms with Gasteiger partial charge in [0.15, 0.2) is 0 Å². The van der Waals surface area contributed by atoms with E-state index in [2.05, 4.69) is 16.7 Å². The van der Waals surface area contributed by atoms with Crippen LogP contribution >= 0.6 is 0 Å². The molecule has 17 heavy (non-hydrogen) atoms. The Kier molecular flexibility index (Phi) is 4.79. The molecule has 2 fully saturated rings. The SMILES string of the molecule is CCN1CCN(CC2(CO)CCOCC2)CC1. The zero-order valence-electron chi connectivity index (χ0n) is 11.0. The van der Waals surface area contributed by atoms with Crippen LogP contribution in [0.15, 0.2) is 0 Å². The summed E-state index contributed by atoms with van der Waals surface area (Å²) in [4.78, 5) is 5.01. The minimum absolute atomic E-state index is 0.104. The van der Waals surface area contributed by atoms with Crippen molar-refractivity contribution in [1.82, 2.24) is 9.80 Å². The summed E-state index contributed by atoms with van der Waals surface area (Å²) < 4.78 is 5.41. The van der Waals surface area contributed by atoms with Gasteiger partial charge in [-0.15, -0.1) is 0 Å². The Labute approximate surface area is 105 Å². The minimum atomic E-state index is 0.104. The van der Waals surface area contributed by atoms with Crippen molar-refractivity contribution in [3.63, 3.8) is 0 Å². The van der Waals surface area contributed by atoms with E-state index in [0.29, 0.717) is 6.61 Å². The second-order valence-electron chi connectivity index (χ2n) is 5.48. The van der Waals surface area contributed by atoms with Crippen LogP contribution in [0, 0.1) is 5.41 Å². The zero-order chi connectivity index (χ0) is 12.1. The predicted octanol–water partition coefficient (Wildman–Crippen LogP) is 0.413. The molecule has 2 aliphatic heterocycles. The van der Waals surface area contributed by atoms with E-state index in [4.69, 9.17) is 4.74 Å². The molecule has 4 heteroatoms. The summed E-state index contributed by atoms with van der Waals surface area (Å²) >= 11 is 0. The molecule has 4 nitrogen and oxygen atoms in total.